The third kappa shape index (κ3) is 9.84. The molecule has 1 nitrogen and oxygen atoms in total. The van der Waals surface area contributed by atoms with Crippen molar-refractivity contribution in [1.29, 1.82) is 0 Å². The van der Waals surface area contributed by atoms with Crippen LogP contribution in [0.4, 0.5) is 0 Å². The van der Waals surface area contributed by atoms with E-state index in [-0.39, 0.29) is 16.2 Å². The standard InChI is InChI=1S/C15H33OSi/c1-13(2,3)10-17(16,11-14(4,5)6)12-15(7,8)9/h10-12H2,1-9H3. The normalized spacial score (nSPS) is 15.2. The van der Waals surface area contributed by atoms with Gasteiger partial charge in [-0.1, -0.05) is 62.3 Å². The van der Waals surface area contributed by atoms with Gasteiger partial charge in [0.2, 0.25) is 8.32 Å². The van der Waals surface area contributed by atoms with Crippen LogP contribution in [0.15, 0.2) is 0 Å². The molecular weight excluding hydrogens is 224 g/mol. The van der Waals surface area contributed by atoms with Crippen LogP contribution in [-0.2, 0) is 4.80 Å². The number of hydrogen-bond acceptors (Lipinski definition) is 0. The molecule has 0 saturated heterocycles. The van der Waals surface area contributed by atoms with E-state index in [2.05, 4.69) is 62.3 Å². The van der Waals surface area contributed by atoms with Gasteiger partial charge in [0.1, 0.15) is 0 Å². The van der Waals surface area contributed by atoms with Crippen LogP contribution in [0, 0.1) is 16.2 Å². The molecule has 0 bridgehead atoms. The van der Waals surface area contributed by atoms with Crippen molar-refractivity contribution in [3.8, 4) is 0 Å². The van der Waals surface area contributed by atoms with Gasteiger partial charge in [-0.3, -0.25) is 4.80 Å². The molecule has 0 aliphatic rings. The maximum Gasteiger partial charge on any atom is 0.239 e. The van der Waals surface area contributed by atoms with E-state index in [9.17, 15) is 4.80 Å². The highest BCUT2D eigenvalue weighted by molar-refractivity contribution is 6.72. The van der Waals surface area contributed by atoms with Crippen molar-refractivity contribution in [2.75, 3.05) is 0 Å². The molecule has 0 aliphatic heterocycles. The van der Waals surface area contributed by atoms with Crippen molar-refractivity contribution in [1.82, 2.24) is 0 Å². The first-order chi connectivity index (χ1) is 7.12. The average Bonchev–Trinajstić information content (AvgIpc) is 1.65. The summed E-state index contributed by atoms with van der Waals surface area (Å²) in [5, 5.41) is 0. The van der Waals surface area contributed by atoms with Gasteiger partial charge in [0.05, 0.1) is 0 Å². The monoisotopic (exact) mass is 257 g/mol. The van der Waals surface area contributed by atoms with Crippen LogP contribution >= 0.6 is 0 Å². The second kappa shape index (κ2) is 5.04. The first-order valence-electron chi connectivity index (χ1n) is 6.83. The summed E-state index contributed by atoms with van der Waals surface area (Å²) in [6.07, 6.45) is 0. The van der Waals surface area contributed by atoms with Gasteiger partial charge in [-0.2, -0.15) is 0 Å². The lowest BCUT2D eigenvalue weighted by Gasteiger charge is -2.38. The van der Waals surface area contributed by atoms with Gasteiger partial charge < -0.3 is 0 Å². The van der Waals surface area contributed by atoms with Gasteiger partial charge in [-0.15, -0.1) is 0 Å². The molecule has 0 aliphatic carbocycles. The molecule has 0 fully saturated rings. The fourth-order valence-corrected chi connectivity index (χ4v) is 9.26. The first kappa shape index (κ1) is 17.2. The summed E-state index contributed by atoms with van der Waals surface area (Å²) in [5.74, 6) is 0. The van der Waals surface area contributed by atoms with E-state index in [0.29, 0.717) is 0 Å². The zero-order valence-electron chi connectivity index (χ0n) is 13.5. The minimum atomic E-state index is -2.41. The molecule has 0 aromatic heterocycles. The second-order valence-electron chi connectivity index (χ2n) is 9.40. The van der Waals surface area contributed by atoms with Crippen molar-refractivity contribution in [2.24, 2.45) is 16.2 Å². The van der Waals surface area contributed by atoms with Crippen LogP contribution in [0.25, 0.3) is 0 Å². The second-order valence-corrected chi connectivity index (χ2v) is 12.8. The highest BCUT2D eigenvalue weighted by Gasteiger charge is 2.43. The van der Waals surface area contributed by atoms with E-state index in [0.717, 1.165) is 18.1 Å². The number of hydrogen-bond donors (Lipinski definition) is 0. The van der Waals surface area contributed by atoms with E-state index >= 15 is 0 Å². The van der Waals surface area contributed by atoms with Crippen LogP contribution in [0.5, 0.6) is 0 Å². The molecule has 2 heteroatoms. The third-order valence-corrected chi connectivity index (χ3v) is 7.67. The van der Waals surface area contributed by atoms with Gasteiger partial charge in [0.15, 0.2) is 0 Å². The Morgan fingerprint density at radius 2 is 0.765 bits per heavy atom. The molecule has 1 radical (unpaired) electrons. The Morgan fingerprint density at radius 3 is 0.882 bits per heavy atom. The largest absolute Gasteiger partial charge is 0.297 e. The first-order valence-corrected chi connectivity index (χ1v) is 9.36. The van der Waals surface area contributed by atoms with Crippen molar-refractivity contribution in [3.63, 3.8) is 0 Å². The Labute approximate surface area is 110 Å². The van der Waals surface area contributed by atoms with Crippen molar-refractivity contribution >= 4 is 8.32 Å². The quantitative estimate of drug-likeness (QED) is 0.595. The minimum absolute atomic E-state index is 0.171. The molecule has 0 atom stereocenters. The summed E-state index contributed by atoms with van der Waals surface area (Å²) in [5.41, 5.74) is 0.513. The smallest absolute Gasteiger partial charge is 0.239 e. The molecule has 103 valence electrons. The molecule has 0 N–H and O–H groups in total. The Bertz CT molecular complexity index is 196. The Kier molecular flexibility index (Phi) is 5.10. The van der Waals surface area contributed by atoms with Crippen LogP contribution in [0.2, 0.25) is 18.1 Å². The van der Waals surface area contributed by atoms with E-state index in [1.165, 1.54) is 0 Å². The lowest BCUT2D eigenvalue weighted by atomic mass is 9.99. The van der Waals surface area contributed by atoms with Crippen LogP contribution < -0.4 is 0 Å². The molecule has 0 heterocycles. The molecule has 0 saturated carbocycles. The minimum Gasteiger partial charge on any atom is -0.297 e. The predicted molar refractivity (Wildman–Crippen MR) is 79.2 cm³/mol. The highest BCUT2D eigenvalue weighted by atomic mass is 28.4. The molecule has 0 unspecified atom stereocenters. The summed E-state index contributed by atoms with van der Waals surface area (Å²) >= 11 is 0. The molecule has 0 aromatic carbocycles. The van der Waals surface area contributed by atoms with Crippen molar-refractivity contribution in [3.05, 3.63) is 0 Å². The maximum atomic E-state index is 13.3. The average molecular weight is 258 g/mol. The highest BCUT2D eigenvalue weighted by Crippen LogP contribution is 2.41. The van der Waals surface area contributed by atoms with Crippen molar-refractivity contribution in [2.45, 2.75) is 80.4 Å². The van der Waals surface area contributed by atoms with Gasteiger partial charge >= 0.3 is 0 Å². The Balaban J connectivity index is 4.95. The van der Waals surface area contributed by atoms with E-state index in [4.69, 9.17) is 0 Å². The van der Waals surface area contributed by atoms with E-state index in [1.54, 1.807) is 0 Å². The SMILES string of the molecule is CC(C)(C)C[Si]([O])(CC(C)(C)C)CC(C)(C)C. The van der Waals surface area contributed by atoms with Crippen LogP contribution in [-0.4, -0.2) is 8.32 Å². The van der Waals surface area contributed by atoms with Crippen molar-refractivity contribution < 1.29 is 4.80 Å². The molecule has 0 rings (SSSR count). The fraction of sp³-hybridized carbons (Fsp3) is 1.00. The van der Waals surface area contributed by atoms with Gasteiger partial charge in [0, 0.05) is 0 Å². The summed E-state index contributed by atoms with van der Waals surface area (Å²) in [4.78, 5) is 13.3. The summed E-state index contributed by atoms with van der Waals surface area (Å²) in [6.45, 7) is 19.9. The fourth-order valence-electron chi connectivity index (χ4n) is 3.09. The summed E-state index contributed by atoms with van der Waals surface area (Å²) < 4.78 is 0. The summed E-state index contributed by atoms with van der Waals surface area (Å²) in [6, 6.07) is 2.69. The predicted octanol–water partition coefficient (Wildman–Crippen LogP) is 5.50. The van der Waals surface area contributed by atoms with Gasteiger partial charge in [0.25, 0.3) is 0 Å². The zero-order valence-corrected chi connectivity index (χ0v) is 14.5. The van der Waals surface area contributed by atoms with E-state index in [1.807, 2.05) is 0 Å². The van der Waals surface area contributed by atoms with Gasteiger partial charge in [-0.25, -0.2) is 0 Å². The van der Waals surface area contributed by atoms with Crippen LogP contribution in [0.3, 0.4) is 0 Å². The molecular formula is C15H33OSi. The Hall–Kier alpha value is 0.177. The topological polar surface area (TPSA) is 19.9 Å². The number of rotatable bonds is 3. The molecule has 0 amide bonds. The Morgan fingerprint density at radius 1 is 0.588 bits per heavy atom. The van der Waals surface area contributed by atoms with Crippen LogP contribution in [0.1, 0.15) is 62.3 Å². The molecule has 17 heavy (non-hydrogen) atoms. The lowest BCUT2D eigenvalue weighted by molar-refractivity contribution is 0.310. The lowest BCUT2D eigenvalue weighted by Crippen LogP contribution is -2.43. The van der Waals surface area contributed by atoms with E-state index < -0.39 is 8.32 Å². The third-order valence-electron chi connectivity index (χ3n) is 2.56. The maximum absolute atomic E-state index is 13.3. The molecule has 0 aromatic rings. The summed E-state index contributed by atoms with van der Waals surface area (Å²) in [7, 11) is -2.41. The van der Waals surface area contributed by atoms with Gasteiger partial charge in [-0.05, 0) is 34.4 Å². The zero-order chi connectivity index (χ0) is 14.1. The molecule has 0 spiro atoms.